The van der Waals surface area contributed by atoms with Crippen LogP contribution in [0.2, 0.25) is 0 Å². The number of alkyl halides is 2. The molecule has 1 unspecified atom stereocenters. The molecule has 0 fully saturated rings. The van der Waals surface area contributed by atoms with E-state index >= 15 is 0 Å². The Morgan fingerprint density at radius 1 is 1.60 bits per heavy atom. The second kappa shape index (κ2) is 4.34. The van der Waals surface area contributed by atoms with Gasteiger partial charge in [-0.1, -0.05) is 0 Å². The Morgan fingerprint density at radius 2 is 2.20 bits per heavy atom. The van der Waals surface area contributed by atoms with Crippen molar-refractivity contribution in [3.05, 3.63) is 29.3 Å². The molecule has 15 heavy (non-hydrogen) atoms. The number of benzene rings is 1. The van der Waals surface area contributed by atoms with Crippen LogP contribution in [0.1, 0.15) is 22.8 Å². The molecule has 1 rings (SSSR count). The second-order valence-electron chi connectivity index (χ2n) is 3.26. The highest BCUT2D eigenvalue weighted by Gasteiger charge is 2.26. The number of nitrogens with one attached hydrogen (secondary N) is 1. The molecule has 0 saturated carbocycles. The van der Waals surface area contributed by atoms with Crippen LogP contribution in [0.4, 0.5) is 10.1 Å². The molecule has 1 aromatic rings. The average Bonchev–Trinajstić information content (AvgIpc) is 2.15. The Hall–Kier alpha value is -0.850. The molecule has 82 valence electrons. The van der Waals surface area contributed by atoms with E-state index in [9.17, 15) is 9.18 Å². The zero-order valence-corrected chi connectivity index (χ0v) is 10.6. The van der Waals surface area contributed by atoms with Crippen LogP contribution < -0.4 is 11.1 Å². The SMILES string of the molecule is CNc1ccc(C(N)=O)c(C(C)(F)I)c1. The largest absolute Gasteiger partial charge is 0.388 e. The van der Waals surface area contributed by atoms with Gasteiger partial charge in [0.2, 0.25) is 5.91 Å². The summed E-state index contributed by atoms with van der Waals surface area (Å²) in [5.74, 6) is -0.617. The fraction of sp³-hybridized carbons (Fsp3) is 0.300. The molecule has 0 saturated heterocycles. The van der Waals surface area contributed by atoms with Gasteiger partial charge in [0.05, 0.1) is 0 Å². The van der Waals surface area contributed by atoms with E-state index in [4.69, 9.17) is 5.73 Å². The molecule has 0 aliphatic rings. The summed E-state index contributed by atoms with van der Waals surface area (Å²) in [6.45, 7) is 1.38. The molecule has 1 aromatic carbocycles. The van der Waals surface area contributed by atoms with Crippen molar-refractivity contribution < 1.29 is 9.18 Å². The molecule has 3 N–H and O–H groups in total. The number of halogens is 2. The lowest BCUT2D eigenvalue weighted by molar-refractivity contribution is 0.0997. The van der Waals surface area contributed by atoms with Crippen LogP contribution in [-0.4, -0.2) is 13.0 Å². The second-order valence-corrected chi connectivity index (χ2v) is 5.29. The summed E-state index contributed by atoms with van der Waals surface area (Å²) in [4.78, 5) is 11.1. The van der Waals surface area contributed by atoms with Gasteiger partial charge in [-0.2, -0.15) is 0 Å². The minimum Gasteiger partial charge on any atom is -0.388 e. The Morgan fingerprint density at radius 3 is 2.60 bits per heavy atom. The molecule has 3 nitrogen and oxygen atoms in total. The summed E-state index contributed by atoms with van der Waals surface area (Å²) in [6, 6.07) is 4.80. The van der Waals surface area contributed by atoms with E-state index in [1.54, 1.807) is 41.8 Å². The molecule has 0 spiro atoms. The highest BCUT2D eigenvalue weighted by molar-refractivity contribution is 14.1. The van der Waals surface area contributed by atoms with E-state index in [-0.39, 0.29) is 5.56 Å². The molecule has 0 bridgehead atoms. The van der Waals surface area contributed by atoms with Gasteiger partial charge in [-0.15, -0.1) is 0 Å². The van der Waals surface area contributed by atoms with Crippen LogP contribution in [0.15, 0.2) is 18.2 Å². The number of carbonyl (C=O) groups excluding carboxylic acids is 1. The Bertz CT molecular complexity index is 387. The number of carbonyl (C=O) groups is 1. The zero-order chi connectivity index (χ0) is 11.6. The molecule has 0 aromatic heterocycles. The molecular formula is C10H12FIN2O. The molecule has 0 radical (unpaired) electrons. The van der Waals surface area contributed by atoms with Gasteiger partial charge in [-0.05, 0) is 47.7 Å². The zero-order valence-electron chi connectivity index (χ0n) is 8.47. The maximum absolute atomic E-state index is 13.8. The molecule has 0 aliphatic carbocycles. The first-order valence-corrected chi connectivity index (χ1v) is 5.44. The van der Waals surface area contributed by atoms with Crippen LogP contribution in [0.3, 0.4) is 0 Å². The van der Waals surface area contributed by atoms with E-state index < -0.39 is 9.58 Å². The molecule has 5 heteroatoms. The summed E-state index contributed by atoms with van der Waals surface area (Å²) in [5.41, 5.74) is 6.43. The van der Waals surface area contributed by atoms with Gasteiger partial charge in [-0.25, -0.2) is 4.39 Å². The minimum atomic E-state index is -1.62. The van der Waals surface area contributed by atoms with Crippen LogP contribution in [-0.2, 0) is 3.68 Å². The third-order valence-corrected chi connectivity index (χ3v) is 2.63. The highest BCUT2D eigenvalue weighted by atomic mass is 127. The Kier molecular flexibility index (Phi) is 3.54. The maximum atomic E-state index is 13.8. The maximum Gasteiger partial charge on any atom is 0.249 e. The lowest BCUT2D eigenvalue weighted by atomic mass is 10.0. The minimum absolute atomic E-state index is 0.216. The van der Waals surface area contributed by atoms with Gasteiger partial charge in [-0.3, -0.25) is 4.79 Å². The van der Waals surface area contributed by atoms with E-state index in [0.717, 1.165) is 5.69 Å². The smallest absolute Gasteiger partial charge is 0.249 e. The van der Waals surface area contributed by atoms with Gasteiger partial charge >= 0.3 is 0 Å². The number of nitrogens with two attached hydrogens (primary N) is 1. The molecule has 1 amide bonds. The van der Waals surface area contributed by atoms with Crippen LogP contribution >= 0.6 is 22.6 Å². The van der Waals surface area contributed by atoms with Gasteiger partial charge < -0.3 is 11.1 Å². The summed E-state index contributed by atoms with van der Waals surface area (Å²) in [6.07, 6.45) is 0. The first-order valence-electron chi connectivity index (χ1n) is 4.36. The van der Waals surface area contributed by atoms with Crippen molar-refractivity contribution in [2.45, 2.75) is 10.6 Å². The van der Waals surface area contributed by atoms with E-state index in [1.807, 2.05) is 0 Å². The molecule has 1 atom stereocenters. The number of primary amides is 1. The number of rotatable bonds is 3. The van der Waals surface area contributed by atoms with Gasteiger partial charge in [0.15, 0.2) is 3.68 Å². The van der Waals surface area contributed by atoms with Gasteiger partial charge in [0.1, 0.15) is 0 Å². The summed E-state index contributed by atoms with van der Waals surface area (Å²) < 4.78 is 12.2. The van der Waals surface area contributed by atoms with Crippen LogP contribution in [0.5, 0.6) is 0 Å². The Labute approximate surface area is 101 Å². The monoisotopic (exact) mass is 322 g/mol. The van der Waals surface area contributed by atoms with Gasteiger partial charge in [0.25, 0.3) is 0 Å². The van der Waals surface area contributed by atoms with Crippen molar-refractivity contribution in [3.8, 4) is 0 Å². The van der Waals surface area contributed by atoms with E-state index in [2.05, 4.69) is 5.32 Å². The lowest BCUT2D eigenvalue weighted by Gasteiger charge is -2.17. The number of hydrogen-bond donors (Lipinski definition) is 2. The van der Waals surface area contributed by atoms with Gasteiger partial charge in [0, 0.05) is 23.9 Å². The van der Waals surface area contributed by atoms with Crippen molar-refractivity contribution in [1.29, 1.82) is 0 Å². The first kappa shape index (κ1) is 12.2. The average molecular weight is 322 g/mol. The first-order chi connectivity index (χ1) is 6.86. The Balaban J connectivity index is 3.36. The fourth-order valence-corrected chi connectivity index (χ4v) is 1.72. The van der Waals surface area contributed by atoms with Crippen molar-refractivity contribution in [2.75, 3.05) is 12.4 Å². The molecular weight excluding hydrogens is 310 g/mol. The van der Waals surface area contributed by atoms with E-state index in [1.165, 1.54) is 13.0 Å². The quantitative estimate of drug-likeness (QED) is 0.663. The standard InChI is InChI=1S/C10H12FIN2O/c1-10(11,12)8-5-6(14-2)3-4-7(8)9(13)15/h3-5,14H,1-2H3,(H2,13,15). The summed E-state index contributed by atoms with van der Waals surface area (Å²) in [5, 5.41) is 2.88. The number of anilines is 1. The molecule has 0 heterocycles. The molecule has 0 aliphatic heterocycles. The predicted octanol–water partition coefficient (Wildman–Crippen LogP) is 2.40. The van der Waals surface area contributed by atoms with Crippen LogP contribution in [0, 0.1) is 0 Å². The van der Waals surface area contributed by atoms with Crippen molar-refractivity contribution in [2.24, 2.45) is 5.73 Å². The third-order valence-electron chi connectivity index (χ3n) is 2.05. The number of amides is 1. The van der Waals surface area contributed by atoms with Crippen molar-refractivity contribution in [1.82, 2.24) is 0 Å². The fourth-order valence-electron chi connectivity index (χ4n) is 1.28. The van der Waals surface area contributed by atoms with Crippen molar-refractivity contribution in [3.63, 3.8) is 0 Å². The number of hydrogen-bond acceptors (Lipinski definition) is 2. The van der Waals surface area contributed by atoms with Crippen molar-refractivity contribution >= 4 is 34.2 Å². The van der Waals surface area contributed by atoms with E-state index in [0.29, 0.717) is 5.56 Å². The van der Waals surface area contributed by atoms with Crippen LogP contribution in [0.25, 0.3) is 0 Å². The lowest BCUT2D eigenvalue weighted by Crippen LogP contribution is -2.18. The summed E-state index contributed by atoms with van der Waals surface area (Å²) in [7, 11) is 1.73. The predicted molar refractivity (Wildman–Crippen MR) is 67.0 cm³/mol. The summed E-state index contributed by atoms with van der Waals surface area (Å²) >= 11 is 1.63. The normalized spacial score (nSPS) is 14.4. The highest BCUT2D eigenvalue weighted by Crippen LogP contribution is 2.36. The third kappa shape index (κ3) is 2.80. The topological polar surface area (TPSA) is 55.1 Å².